The largest absolute Gasteiger partial charge is 0.370 e. The molecule has 3 rings (SSSR count). The first-order valence-corrected chi connectivity index (χ1v) is 8.80. The summed E-state index contributed by atoms with van der Waals surface area (Å²) in [6.45, 7) is 6.81. The molecular formula is C21H26IN5. The van der Waals surface area contributed by atoms with Crippen LogP contribution < -0.4 is 11.1 Å². The first-order chi connectivity index (χ1) is 12.5. The highest BCUT2D eigenvalue weighted by atomic mass is 127. The predicted molar refractivity (Wildman–Crippen MR) is 123 cm³/mol. The van der Waals surface area contributed by atoms with Crippen molar-refractivity contribution in [3.63, 3.8) is 0 Å². The standard InChI is InChI=1S/C21H25N5.HI/c1-15(2)17-8-7-9-19(12-17)24-21(22)23-13-18-14-26(25-16(18)3)20-10-5-4-6-11-20;/h4-12,14-15H,13H2,1-3H3,(H3,22,23,24);1H. The number of rotatable bonds is 5. The maximum Gasteiger partial charge on any atom is 0.193 e. The third-order valence-electron chi connectivity index (χ3n) is 4.27. The number of nitrogens with zero attached hydrogens (tertiary/aromatic N) is 3. The molecule has 27 heavy (non-hydrogen) atoms. The van der Waals surface area contributed by atoms with Crippen molar-refractivity contribution in [3.05, 3.63) is 77.6 Å². The number of aliphatic imine (C=N–C) groups is 1. The topological polar surface area (TPSA) is 68.2 Å². The molecule has 5 nitrogen and oxygen atoms in total. The first-order valence-electron chi connectivity index (χ1n) is 8.80. The molecule has 142 valence electrons. The van der Waals surface area contributed by atoms with Crippen molar-refractivity contribution in [3.8, 4) is 5.69 Å². The summed E-state index contributed by atoms with van der Waals surface area (Å²) >= 11 is 0. The molecular weight excluding hydrogens is 449 g/mol. The molecule has 0 saturated carbocycles. The maximum absolute atomic E-state index is 6.06. The van der Waals surface area contributed by atoms with Crippen molar-refractivity contribution in [2.75, 3.05) is 5.32 Å². The quantitative estimate of drug-likeness (QED) is 0.315. The minimum atomic E-state index is 0. The van der Waals surface area contributed by atoms with E-state index in [1.54, 1.807) is 0 Å². The number of benzene rings is 2. The molecule has 2 aromatic carbocycles. The first kappa shape index (κ1) is 21.0. The lowest BCUT2D eigenvalue weighted by molar-refractivity contribution is 0.863. The monoisotopic (exact) mass is 475 g/mol. The zero-order valence-electron chi connectivity index (χ0n) is 15.9. The van der Waals surface area contributed by atoms with E-state index >= 15 is 0 Å². The minimum absolute atomic E-state index is 0. The van der Waals surface area contributed by atoms with Crippen LogP contribution in [0.2, 0.25) is 0 Å². The van der Waals surface area contributed by atoms with Gasteiger partial charge in [0.25, 0.3) is 0 Å². The Hall–Kier alpha value is -2.35. The highest BCUT2D eigenvalue weighted by Gasteiger charge is 2.06. The van der Waals surface area contributed by atoms with Gasteiger partial charge in [-0.2, -0.15) is 5.10 Å². The molecule has 0 atom stereocenters. The normalized spacial score (nSPS) is 11.3. The molecule has 3 aromatic rings. The third-order valence-corrected chi connectivity index (χ3v) is 4.27. The molecule has 0 aliphatic rings. The van der Waals surface area contributed by atoms with Crippen LogP contribution in [-0.2, 0) is 6.54 Å². The van der Waals surface area contributed by atoms with Gasteiger partial charge in [-0.1, -0.05) is 44.2 Å². The lowest BCUT2D eigenvalue weighted by atomic mass is 10.0. The van der Waals surface area contributed by atoms with Crippen LogP contribution in [0.5, 0.6) is 0 Å². The van der Waals surface area contributed by atoms with E-state index in [2.05, 4.69) is 41.4 Å². The third kappa shape index (κ3) is 5.56. The summed E-state index contributed by atoms with van der Waals surface area (Å²) in [4.78, 5) is 4.46. The average Bonchev–Trinajstić information content (AvgIpc) is 3.02. The van der Waals surface area contributed by atoms with E-state index in [1.165, 1.54) is 5.56 Å². The summed E-state index contributed by atoms with van der Waals surface area (Å²) in [5, 5.41) is 7.73. The van der Waals surface area contributed by atoms with Crippen molar-refractivity contribution in [2.24, 2.45) is 10.7 Å². The summed E-state index contributed by atoms with van der Waals surface area (Å²) in [7, 11) is 0. The number of guanidine groups is 1. The average molecular weight is 475 g/mol. The van der Waals surface area contributed by atoms with Crippen molar-refractivity contribution < 1.29 is 0 Å². The van der Waals surface area contributed by atoms with E-state index < -0.39 is 0 Å². The van der Waals surface area contributed by atoms with Gasteiger partial charge < -0.3 is 11.1 Å². The predicted octanol–water partition coefficient (Wildman–Crippen LogP) is 4.85. The van der Waals surface area contributed by atoms with Crippen molar-refractivity contribution in [1.29, 1.82) is 0 Å². The number of aryl methyl sites for hydroxylation is 1. The molecule has 3 N–H and O–H groups in total. The van der Waals surface area contributed by atoms with Gasteiger partial charge >= 0.3 is 0 Å². The Balaban J connectivity index is 0.00000261. The lowest BCUT2D eigenvalue weighted by Crippen LogP contribution is -2.22. The molecule has 0 spiro atoms. The van der Waals surface area contributed by atoms with Crippen LogP contribution in [0.4, 0.5) is 5.69 Å². The zero-order chi connectivity index (χ0) is 18.5. The van der Waals surface area contributed by atoms with Crippen LogP contribution in [0.1, 0.15) is 36.6 Å². The lowest BCUT2D eigenvalue weighted by Gasteiger charge is -2.09. The number of para-hydroxylation sites is 1. The van der Waals surface area contributed by atoms with Crippen LogP contribution >= 0.6 is 24.0 Å². The summed E-state index contributed by atoms with van der Waals surface area (Å²) in [6, 6.07) is 18.3. The van der Waals surface area contributed by atoms with Crippen molar-refractivity contribution in [2.45, 2.75) is 33.2 Å². The fourth-order valence-electron chi connectivity index (χ4n) is 2.70. The highest BCUT2D eigenvalue weighted by molar-refractivity contribution is 14.0. The molecule has 0 aliphatic carbocycles. The maximum atomic E-state index is 6.06. The smallest absolute Gasteiger partial charge is 0.193 e. The molecule has 0 fully saturated rings. The van der Waals surface area contributed by atoms with Gasteiger partial charge in [0.05, 0.1) is 17.9 Å². The van der Waals surface area contributed by atoms with Crippen LogP contribution in [-0.4, -0.2) is 15.7 Å². The van der Waals surface area contributed by atoms with Crippen LogP contribution in [0.15, 0.2) is 65.8 Å². The van der Waals surface area contributed by atoms with Crippen molar-refractivity contribution in [1.82, 2.24) is 9.78 Å². The Kier molecular flexibility index (Phi) is 7.41. The molecule has 0 unspecified atom stereocenters. The number of aromatic nitrogens is 2. The van der Waals surface area contributed by atoms with E-state index in [0.29, 0.717) is 18.4 Å². The molecule has 1 aromatic heterocycles. The van der Waals surface area contributed by atoms with Crippen molar-refractivity contribution >= 4 is 35.6 Å². The van der Waals surface area contributed by atoms with E-state index in [4.69, 9.17) is 5.73 Å². The van der Waals surface area contributed by atoms with Gasteiger partial charge in [0.2, 0.25) is 0 Å². The van der Waals surface area contributed by atoms with Gasteiger partial charge in [-0.3, -0.25) is 0 Å². The number of nitrogens with one attached hydrogen (secondary N) is 1. The Bertz CT molecular complexity index is 900. The van der Waals surface area contributed by atoms with Crippen LogP contribution in [0, 0.1) is 6.92 Å². The number of hydrogen-bond acceptors (Lipinski definition) is 2. The molecule has 6 heteroatoms. The summed E-state index contributed by atoms with van der Waals surface area (Å²) in [5.74, 6) is 0.874. The number of hydrogen-bond donors (Lipinski definition) is 2. The number of nitrogens with two attached hydrogens (primary N) is 1. The second-order valence-corrected chi connectivity index (χ2v) is 6.63. The summed E-state index contributed by atoms with van der Waals surface area (Å²) in [5.41, 5.74) is 11.3. The summed E-state index contributed by atoms with van der Waals surface area (Å²) < 4.78 is 1.87. The van der Waals surface area contributed by atoms with E-state index in [-0.39, 0.29) is 24.0 Å². The van der Waals surface area contributed by atoms with E-state index in [9.17, 15) is 0 Å². The zero-order valence-corrected chi connectivity index (χ0v) is 18.2. The molecule has 0 radical (unpaired) electrons. The molecule has 0 saturated heterocycles. The fourth-order valence-corrected chi connectivity index (χ4v) is 2.70. The Labute approximate surface area is 177 Å². The molecule has 0 bridgehead atoms. The molecule has 0 aliphatic heterocycles. The second-order valence-electron chi connectivity index (χ2n) is 6.63. The highest BCUT2D eigenvalue weighted by Crippen LogP contribution is 2.18. The van der Waals surface area contributed by atoms with Crippen LogP contribution in [0.25, 0.3) is 5.69 Å². The Morgan fingerprint density at radius 2 is 1.89 bits per heavy atom. The van der Waals surface area contributed by atoms with Gasteiger partial charge in [0.15, 0.2) is 5.96 Å². The van der Waals surface area contributed by atoms with Gasteiger partial charge in [0, 0.05) is 17.4 Å². The molecule has 1 heterocycles. The number of anilines is 1. The van der Waals surface area contributed by atoms with Crippen LogP contribution in [0.3, 0.4) is 0 Å². The van der Waals surface area contributed by atoms with Gasteiger partial charge in [-0.25, -0.2) is 9.67 Å². The van der Waals surface area contributed by atoms with E-state index in [1.807, 2.05) is 60.3 Å². The van der Waals surface area contributed by atoms with Gasteiger partial charge in [-0.05, 0) is 42.7 Å². The number of halogens is 1. The van der Waals surface area contributed by atoms with Gasteiger partial charge in [-0.15, -0.1) is 24.0 Å². The fraction of sp³-hybridized carbons (Fsp3) is 0.238. The minimum Gasteiger partial charge on any atom is -0.370 e. The Morgan fingerprint density at radius 3 is 2.59 bits per heavy atom. The van der Waals surface area contributed by atoms with Gasteiger partial charge in [0.1, 0.15) is 0 Å². The Morgan fingerprint density at radius 1 is 1.15 bits per heavy atom. The summed E-state index contributed by atoms with van der Waals surface area (Å²) in [6.07, 6.45) is 2.00. The SMILES string of the molecule is Cc1nn(-c2ccccc2)cc1CN=C(N)Nc1cccc(C(C)C)c1.I. The van der Waals surface area contributed by atoms with E-state index in [0.717, 1.165) is 22.6 Å². The molecule has 0 amide bonds. The second kappa shape index (κ2) is 9.55.